The summed E-state index contributed by atoms with van der Waals surface area (Å²) in [4.78, 5) is 29.0. The molecule has 2 heterocycles. The Morgan fingerprint density at radius 3 is 2.70 bits per heavy atom. The molecule has 170 valence electrons. The number of anilines is 1. The molecule has 2 aromatic rings. The number of hydrogen-bond donors (Lipinski definition) is 2. The maximum absolute atomic E-state index is 13.4. The number of nitrogens with zero attached hydrogens (tertiary/aromatic N) is 1. The molecule has 0 saturated heterocycles. The summed E-state index contributed by atoms with van der Waals surface area (Å²) in [5.41, 5.74) is 1.42. The van der Waals surface area contributed by atoms with Gasteiger partial charge in [-0.25, -0.2) is 9.78 Å². The first-order valence-electron chi connectivity index (χ1n) is 10.5. The lowest BCUT2D eigenvalue weighted by molar-refractivity contribution is -0.336. The number of allylic oxidation sites excluding steroid dienone is 3. The zero-order valence-electron chi connectivity index (χ0n) is 17.6. The molecule has 1 saturated carbocycles. The van der Waals surface area contributed by atoms with Crippen molar-refractivity contribution in [2.24, 2.45) is 11.3 Å². The number of hydrogen-bond acceptors (Lipinski definition) is 5. The molecule has 0 spiro atoms. The highest BCUT2D eigenvalue weighted by molar-refractivity contribution is 5.97. The third kappa shape index (κ3) is 3.83. The molecule has 2 N–H and O–H groups in total. The molecule has 1 atom stereocenters. The standard InChI is InChI=1S/C24H20F2N2O5/c1-13-5-8-19(27-20(13)14-3-2-4-15(11-14)21(29)30)28-22(31)23(9-10-23)16-6-7-17-18(12-16)33-24(25,26)32-17/h2-8,11,16H,9-10,12H2,1H3,(H,29,30)(H,27,28,31). The van der Waals surface area contributed by atoms with Gasteiger partial charge in [0.1, 0.15) is 11.6 Å². The summed E-state index contributed by atoms with van der Waals surface area (Å²) in [5, 5.41) is 12.1. The van der Waals surface area contributed by atoms with Crippen LogP contribution in [-0.4, -0.2) is 28.3 Å². The Bertz CT molecular complexity index is 1230. The lowest BCUT2D eigenvalue weighted by Gasteiger charge is -2.25. The summed E-state index contributed by atoms with van der Waals surface area (Å²) in [5.74, 6) is -1.19. The minimum Gasteiger partial charge on any atom is -0.478 e. The van der Waals surface area contributed by atoms with E-state index in [1.807, 2.05) is 6.92 Å². The van der Waals surface area contributed by atoms with Crippen LogP contribution in [0, 0.1) is 18.3 Å². The Hall–Kier alpha value is -3.75. The molecule has 7 nitrogen and oxygen atoms in total. The maximum atomic E-state index is 13.4. The highest BCUT2D eigenvalue weighted by atomic mass is 19.3. The van der Waals surface area contributed by atoms with E-state index in [0.29, 0.717) is 29.9 Å². The first kappa shape index (κ1) is 21.1. The van der Waals surface area contributed by atoms with Crippen molar-refractivity contribution in [3.05, 3.63) is 71.2 Å². The second-order valence-electron chi connectivity index (χ2n) is 8.48. The molecule has 1 unspecified atom stereocenters. The van der Waals surface area contributed by atoms with E-state index in [-0.39, 0.29) is 35.3 Å². The van der Waals surface area contributed by atoms with E-state index in [1.165, 1.54) is 18.2 Å². The fourth-order valence-electron chi connectivity index (χ4n) is 4.35. The molecule has 33 heavy (non-hydrogen) atoms. The molecule has 1 fully saturated rings. The number of carbonyl (C=O) groups excluding carboxylic acids is 1. The lowest BCUT2D eigenvalue weighted by Crippen LogP contribution is -2.32. The molecule has 0 bridgehead atoms. The number of aromatic carboxylic acids is 1. The molecule has 2 aliphatic carbocycles. The number of ether oxygens (including phenoxy) is 2. The molecule has 1 amide bonds. The van der Waals surface area contributed by atoms with E-state index >= 15 is 0 Å². The predicted octanol–water partition coefficient (Wildman–Crippen LogP) is 4.86. The monoisotopic (exact) mass is 454 g/mol. The van der Waals surface area contributed by atoms with Gasteiger partial charge in [0.25, 0.3) is 0 Å². The van der Waals surface area contributed by atoms with Crippen molar-refractivity contribution in [3.8, 4) is 11.3 Å². The van der Waals surface area contributed by atoms with Crippen LogP contribution < -0.4 is 5.32 Å². The second kappa shape index (κ2) is 7.40. The van der Waals surface area contributed by atoms with E-state index in [2.05, 4.69) is 19.8 Å². The van der Waals surface area contributed by atoms with Crippen molar-refractivity contribution < 1.29 is 33.0 Å². The molecule has 0 radical (unpaired) electrons. The summed E-state index contributed by atoms with van der Waals surface area (Å²) in [7, 11) is 0. The molecular formula is C24H20F2N2O5. The van der Waals surface area contributed by atoms with Crippen molar-refractivity contribution in [1.82, 2.24) is 4.98 Å². The van der Waals surface area contributed by atoms with Crippen LogP contribution in [0.1, 0.15) is 35.2 Å². The van der Waals surface area contributed by atoms with Gasteiger partial charge in [-0.15, -0.1) is 8.78 Å². The van der Waals surface area contributed by atoms with Gasteiger partial charge in [-0.05, 0) is 55.5 Å². The number of rotatable bonds is 5. The van der Waals surface area contributed by atoms with Crippen LogP contribution in [0.5, 0.6) is 0 Å². The number of benzene rings is 1. The van der Waals surface area contributed by atoms with E-state index in [4.69, 9.17) is 0 Å². The summed E-state index contributed by atoms with van der Waals surface area (Å²) in [6.07, 6.45) is 0.879. The van der Waals surface area contributed by atoms with E-state index < -0.39 is 17.7 Å². The third-order valence-corrected chi connectivity index (χ3v) is 6.30. The summed E-state index contributed by atoms with van der Waals surface area (Å²) in [6.45, 7) is 1.85. The SMILES string of the molecule is Cc1ccc(NC(=O)C2(C3C=CC4=C(C3)OC(F)(F)O4)CC2)nc1-c1cccc(C(=O)O)c1. The summed E-state index contributed by atoms with van der Waals surface area (Å²) >= 11 is 0. The van der Waals surface area contributed by atoms with Crippen molar-refractivity contribution >= 4 is 17.7 Å². The van der Waals surface area contributed by atoms with E-state index in [1.54, 1.807) is 30.3 Å². The average molecular weight is 454 g/mol. The van der Waals surface area contributed by atoms with Gasteiger partial charge in [-0.3, -0.25) is 4.79 Å². The number of pyridine rings is 1. The maximum Gasteiger partial charge on any atom is 0.585 e. The van der Waals surface area contributed by atoms with Crippen LogP contribution in [0.4, 0.5) is 14.6 Å². The van der Waals surface area contributed by atoms with Crippen LogP contribution in [-0.2, 0) is 14.3 Å². The van der Waals surface area contributed by atoms with E-state index in [9.17, 15) is 23.5 Å². The molecule has 1 aromatic carbocycles. The number of carboxylic acid groups (broad SMARTS) is 1. The fraction of sp³-hybridized carbons (Fsp3) is 0.292. The largest absolute Gasteiger partial charge is 0.585 e. The Kier molecular flexibility index (Phi) is 4.73. The van der Waals surface area contributed by atoms with Crippen LogP contribution in [0.25, 0.3) is 11.3 Å². The van der Waals surface area contributed by atoms with Gasteiger partial charge in [0, 0.05) is 12.0 Å². The minimum absolute atomic E-state index is 0.000826. The topological polar surface area (TPSA) is 97.8 Å². The van der Waals surface area contributed by atoms with Crippen LogP contribution in [0.3, 0.4) is 0 Å². The normalized spacial score (nSPS) is 21.6. The Morgan fingerprint density at radius 1 is 1.18 bits per heavy atom. The molecule has 1 aliphatic heterocycles. The minimum atomic E-state index is -3.68. The predicted molar refractivity (Wildman–Crippen MR) is 113 cm³/mol. The molecule has 1 aromatic heterocycles. The third-order valence-electron chi connectivity index (χ3n) is 6.30. The van der Waals surface area contributed by atoms with Gasteiger partial charge in [0.05, 0.1) is 16.7 Å². The first-order valence-corrected chi connectivity index (χ1v) is 10.5. The van der Waals surface area contributed by atoms with Crippen molar-refractivity contribution in [1.29, 1.82) is 0 Å². The lowest BCUT2D eigenvalue weighted by atomic mass is 9.82. The molecule has 9 heteroatoms. The Labute approximate surface area is 187 Å². The molecule has 5 rings (SSSR count). The van der Waals surface area contributed by atoms with Crippen molar-refractivity contribution in [2.75, 3.05) is 5.32 Å². The highest BCUT2D eigenvalue weighted by Crippen LogP contribution is 2.57. The summed E-state index contributed by atoms with van der Waals surface area (Å²) in [6, 6.07) is 9.91. The zero-order chi connectivity index (χ0) is 23.4. The highest BCUT2D eigenvalue weighted by Gasteiger charge is 2.57. The van der Waals surface area contributed by atoms with Gasteiger partial charge in [-0.2, -0.15) is 0 Å². The number of aryl methyl sites for hydroxylation is 1. The average Bonchev–Trinajstić information content (AvgIpc) is 3.52. The Balaban J connectivity index is 1.35. The number of alkyl halides is 2. The number of aromatic nitrogens is 1. The van der Waals surface area contributed by atoms with Crippen LogP contribution in [0.2, 0.25) is 0 Å². The van der Waals surface area contributed by atoms with Crippen molar-refractivity contribution in [2.45, 2.75) is 32.5 Å². The smallest absolute Gasteiger partial charge is 0.478 e. The number of amides is 1. The summed E-state index contributed by atoms with van der Waals surface area (Å²) < 4.78 is 35.8. The Morgan fingerprint density at radius 2 is 1.97 bits per heavy atom. The number of carbonyl (C=O) groups is 2. The number of halogens is 2. The van der Waals surface area contributed by atoms with Crippen molar-refractivity contribution in [3.63, 3.8) is 0 Å². The van der Waals surface area contributed by atoms with Gasteiger partial charge in [-0.1, -0.05) is 24.3 Å². The zero-order valence-corrected chi connectivity index (χ0v) is 17.6. The fourth-order valence-corrected chi connectivity index (χ4v) is 4.35. The van der Waals surface area contributed by atoms with Gasteiger partial charge >= 0.3 is 12.3 Å². The second-order valence-corrected chi connectivity index (χ2v) is 8.48. The van der Waals surface area contributed by atoms with E-state index in [0.717, 1.165) is 5.56 Å². The van der Waals surface area contributed by atoms with Crippen LogP contribution >= 0.6 is 0 Å². The number of nitrogens with one attached hydrogen (secondary N) is 1. The molecular weight excluding hydrogens is 434 g/mol. The quantitative estimate of drug-likeness (QED) is 0.670. The number of carboxylic acids is 1. The molecule has 3 aliphatic rings. The van der Waals surface area contributed by atoms with Gasteiger partial charge in [0.15, 0.2) is 5.76 Å². The van der Waals surface area contributed by atoms with Gasteiger partial charge < -0.3 is 19.9 Å². The van der Waals surface area contributed by atoms with Gasteiger partial charge in [0.2, 0.25) is 5.91 Å². The van der Waals surface area contributed by atoms with Crippen LogP contribution in [0.15, 0.2) is 60.1 Å². The first-order chi connectivity index (χ1) is 15.7.